The first kappa shape index (κ1) is 22.1. The number of hydrogen-bond acceptors (Lipinski definition) is 7. The molecule has 5 atom stereocenters. The van der Waals surface area contributed by atoms with Gasteiger partial charge in [0.15, 0.2) is 0 Å². The minimum atomic E-state index is -0.1000. The first-order valence-corrected chi connectivity index (χ1v) is 14.6. The number of amides is 2. The van der Waals surface area contributed by atoms with E-state index in [9.17, 15) is 4.79 Å². The number of nitrogens with one attached hydrogen (secondary N) is 6. The maximum Gasteiger partial charge on any atom is 0.332 e. The van der Waals surface area contributed by atoms with Crippen molar-refractivity contribution in [2.45, 2.75) is 86.5 Å². The van der Waals surface area contributed by atoms with E-state index in [4.69, 9.17) is 0 Å². The number of hydrogen-bond donors (Lipinski definition) is 6. The zero-order valence-corrected chi connectivity index (χ0v) is 21.2. The smallest absolute Gasteiger partial charge is 0.332 e. The quantitative estimate of drug-likeness (QED) is 0.328. The summed E-state index contributed by atoms with van der Waals surface area (Å²) in [6, 6.07) is 0.907. The SMILES string of the molecule is O=C1NCC2(CCCCC2)N1N1CC2(CNC2)C1(C1NCC12CCNC2)C1NCC12CCCCN2. The van der Waals surface area contributed by atoms with Crippen LogP contribution in [0.15, 0.2) is 0 Å². The second-order valence-electron chi connectivity index (χ2n) is 13.5. The molecule has 0 aromatic heterocycles. The summed E-state index contributed by atoms with van der Waals surface area (Å²) in [4.78, 5) is 13.7. The lowest BCUT2D eigenvalue weighted by Crippen LogP contribution is -3.03. The van der Waals surface area contributed by atoms with Gasteiger partial charge in [0.25, 0.3) is 0 Å². The van der Waals surface area contributed by atoms with Crippen LogP contribution in [0.5, 0.6) is 0 Å². The molecule has 6 N–H and O–H groups in total. The van der Waals surface area contributed by atoms with Gasteiger partial charge in [-0.1, -0.05) is 25.7 Å². The van der Waals surface area contributed by atoms with Crippen LogP contribution in [0.2, 0.25) is 0 Å². The number of hydrazine groups is 1. The number of carbonyl (C=O) groups excluding carboxylic acids is 1. The molecule has 7 heterocycles. The Morgan fingerprint density at radius 1 is 0.743 bits per heavy atom. The van der Waals surface area contributed by atoms with E-state index >= 15 is 0 Å². The molecule has 0 bridgehead atoms. The van der Waals surface area contributed by atoms with E-state index < -0.39 is 0 Å². The molecule has 1 aliphatic carbocycles. The molecule has 7 aliphatic heterocycles. The van der Waals surface area contributed by atoms with Crippen molar-refractivity contribution < 1.29 is 4.79 Å². The Kier molecular flexibility index (Phi) is 4.61. The average Bonchev–Trinajstić information content (AvgIpc) is 3.45. The van der Waals surface area contributed by atoms with Crippen LogP contribution < -0.4 is 31.9 Å². The van der Waals surface area contributed by atoms with Crippen LogP contribution in [0.4, 0.5) is 4.79 Å². The predicted octanol–water partition coefficient (Wildman–Crippen LogP) is -0.291. The third kappa shape index (κ3) is 2.53. The third-order valence-electron chi connectivity index (χ3n) is 12.0. The van der Waals surface area contributed by atoms with Gasteiger partial charge in [0.1, 0.15) is 0 Å². The van der Waals surface area contributed by atoms with Crippen LogP contribution in [0, 0.1) is 10.8 Å². The van der Waals surface area contributed by atoms with Gasteiger partial charge in [-0.05, 0) is 45.2 Å². The summed E-state index contributed by atoms with van der Waals surface area (Å²) in [5.74, 6) is 0. The topological polar surface area (TPSA) is 95.7 Å². The highest BCUT2D eigenvalue weighted by Crippen LogP contribution is 2.64. The molecule has 9 heteroatoms. The Bertz CT molecular complexity index is 888. The van der Waals surface area contributed by atoms with E-state index in [-0.39, 0.29) is 28.1 Å². The molecule has 8 aliphatic rings. The van der Waals surface area contributed by atoms with Crippen molar-refractivity contribution in [3.05, 3.63) is 0 Å². The second kappa shape index (κ2) is 7.32. The monoisotopic (exact) mass is 484 g/mol. The Balaban J connectivity index is 1.27. The molecule has 2 amide bonds. The highest BCUT2D eigenvalue weighted by atomic mass is 16.2. The van der Waals surface area contributed by atoms with E-state index in [0.717, 1.165) is 71.7 Å². The first-order valence-electron chi connectivity index (χ1n) is 14.6. The van der Waals surface area contributed by atoms with Crippen molar-refractivity contribution in [1.82, 2.24) is 41.9 Å². The summed E-state index contributed by atoms with van der Waals surface area (Å²) >= 11 is 0. The largest absolute Gasteiger partial charge is 0.334 e. The molecule has 4 spiro atoms. The Hall–Kier alpha value is -0.970. The molecule has 0 aromatic carbocycles. The molecule has 7 saturated heterocycles. The van der Waals surface area contributed by atoms with Crippen molar-refractivity contribution in [2.75, 3.05) is 58.9 Å². The molecule has 194 valence electrons. The fourth-order valence-electron chi connectivity index (χ4n) is 10.1. The third-order valence-corrected chi connectivity index (χ3v) is 12.0. The molecule has 35 heavy (non-hydrogen) atoms. The molecule has 8 fully saturated rings. The summed E-state index contributed by atoms with van der Waals surface area (Å²) in [6.45, 7) is 9.48. The Labute approximate surface area is 209 Å². The average molecular weight is 485 g/mol. The van der Waals surface area contributed by atoms with Crippen molar-refractivity contribution in [3.8, 4) is 0 Å². The zero-order valence-electron chi connectivity index (χ0n) is 21.2. The van der Waals surface area contributed by atoms with Crippen LogP contribution in [-0.2, 0) is 0 Å². The molecule has 5 unspecified atom stereocenters. The molecule has 0 radical (unpaired) electrons. The number of rotatable bonds is 3. The number of piperidine rings is 1. The Morgan fingerprint density at radius 3 is 2.17 bits per heavy atom. The van der Waals surface area contributed by atoms with Gasteiger partial charge in [-0.25, -0.2) is 14.8 Å². The lowest BCUT2D eigenvalue weighted by atomic mass is 9.42. The van der Waals surface area contributed by atoms with Crippen molar-refractivity contribution in [3.63, 3.8) is 0 Å². The van der Waals surface area contributed by atoms with E-state index in [0.29, 0.717) is 17.5 Å². The van der Waals surface area contributed by atoms with Crippen LogP contribution in [0.3, 0.4) is 0 Å². The fourth-order valence-corrected chi connectivity index (χ4v) is 10.1. The standard InChI is InChI=1S/C26H44N8O/c35-21-31-16-24(6-2-1-3-7-24)34(21)33-18-23(14-28-15-23)26(33,19-22(13-29-19)9-11-27-12-22)20-25(17-30-20)8-4-5-10-32-25/h19-20,27-30,32H,1-18H2,(H,31,35). The van der Waals surface area contributed by atoms with E-state index in [1.165, 1.54) is 44.9 Å². The number of urea groups is 1. The predicted molar refractivity (Wildman–Crippen MR) is 134 cm³/mol. The number of nitrogens with zero attached hydrogens (tertiary/aromatic N) is 2. The molecule has 9 nitrogen and oxygen atoms in total. The van der Waals surface area contributed by atoms with E-state index in [1.54, 1.807) is 0 Å². The summed E-state index contributed by atoms with van der Waals surface area (Å²) in [7, 11) is 0. The lowest BCUT2D eigenvalue weighted by molar-refractivity contribution is -0.333. The summed E-state index contributed by atoms with van der Waals surface area (Å²) in [5.41, 5.74) is 0.520. The van der Waals surface area contributed by atoms with Gasteiger partial charge in [0, 0.05) is 74.3 Å². The number of carbonyl (C=O) groups is 1. The van der Waals surface area contributed by atoms with Crippen molar-refractivity contribution >= 4 is 6.03 Å². The van der Waals surface area contributed by atoms with Crippen LogP contribution >= 0.6 is 0 Å². The molecule has 1 saturated carbocycles. The van der Waals surface area contributed by atoms with Gasteiger partial charge in [-0.15, -0.1) is 0 Å². The summed E-state index contributed by atoms with van der Waals surface area (Å²) in [5, 5.41) is 27.8. The fraction of sp³-hybridized carbons (Fsp3) is 0.962. The van der Waals surface area contributed by atoms with Crippen LogP contribution in [0.1, 0.15) is 57.8 Å². The Morgan fingerprint density at radius 2 is 1.57 bits per heavy atom. The van der Waals surface area contributed by atoms with Gasteiger partial charge >= 0.3 is 6.03 Å². The van der Waals surface area contributed by atoms with Gasteiger partial charge in [-0.2, -0.15) is 0 Å². The highest BCUT2D eigenvalue weighted by molar-refractivity contribution is 5.78. The maximum absolute atomic E-state index is 13.7. The zero-order chi connectivity index (χ0) is 23.4. The van der Waals surface area contributed by atoms with Crippen LogP contribution in [-0.4, -0.2) is 104 Å². The van der Waals surface area contributed by atoms with E-state index in [1.807, 2.05) is 0 Å². The molecular weight excluding hydrogens is 440 g/mol. The van der Waals surface area contributed by atoms with Crippen LogP contribution in [0.25, 0.3) is 0 Å². The normalized spacial score (nSPS) is 48.0. The van der Waals surface area contributed by atoms with Crippen molar-refractivity contribution in [1.29, 1.82) is 0 Å². The van der Waals surface area contributed by atoms with Gasteiger partial charge in [-0.3, -0.25) is 0 Å². The van der Waals surface area contributed by atoms with Gasteiger partial charge in [0.2, 0.25) is 0 Å². The van der Waals surface area contributed by atoms with Gasteiger partial charge in [0.05, 0.1) is 11.1 Å². The maximum atomic E-state index is 13.7. The first-order chi connectivity index (χ1) is 17.1. The minimum absolute atomic E-state index is 0.0406. The molecule has 8 rings (SSSR count). The highest BCUT2D eigenvalue weighted by Gasteiger charge is 2.82. The summed E-state index contributed by atoms with van der Waals surface area (Å²) < 4.78 is 0. The lowest BCUT2D eigenvalue weighted by Gasteiger charge is -2.82. The second-order valence-corrected chi connectivity index (χ2v) is 13.5. The molecule has 0 aromatic rings. The molecular formula is C26H44N8O. The van der Waals surface area contributed by atoms with Crippen molar-refractivity contribution in [2.24, 2.45) is 10.8 Å². The summed E-state index contributed by atoms with van der Waals surface area (Å²) in [6.07, 6.45) is 11.1. The van der Waals surface area contributed by atoms with Gasteiger partial charge < -0.3 is 31.9 Å². The van der Waals surface area contributed by atoms with E-state index in [2.05, 4.69) is 41.9 Å². The minimum Gasteiger partial charge on any atom is -0.334 e.